The molecule has 36 heavy (non-hydrogen) atoms. The van der Waals surface area contributed by atoms with E-state index in [0.717, 1.165) is 33.1 Å². The number of ether oxygens (including phenoxy) is 2. The average Bonchev–Trinajstić information content (AvgIpc) is 3.15. The second-order valence-electron chi connectivity index (χ2n) is 9.85. The molecule has 1 aromatic carbocycles. The molecule has 0 bridgehead atoms. The number of hydrogen-bond acceptors (Lipinski definition) is 6. The van der Waals surface area contributed by atoms with Gasteiger partial charge in [0.1, 0.15) is 11.4 Å². The van der Waals surface area contributed by atoms with Crippen LogP contribution in [0.5, 0.6) is 5.75 Å². The van der Waals surface area contributed by atoms with Crippen molar-refractivity contribution in [3.8, 4) is 5.75 Å². The third-order valence-corrected chi connectivity index (χ3v) is 8.40. The first kappa shape index (κ1) is 26.5. The highest BCUT2D eigenvalue weighted by atomic mass is 127. The van der Waals surface area contributed by atoms with Crippen molar-refractivity contribution in [3.05, 3.63) is 57.4 Å². The summed E-state index contributed by atoms with van der Waals surface area (Å²) in [6.07, 6.45) is 6.90. The van der Waals surface area contributed by atoms with E-state index in [4.69, 9.17) is 9.47 Å². The number of pyridine rings is 1. The second-order valence-corrected chi connectivity index (χ2v) is 12.8. The number of allylic oxidation sites excluding steroid dienone is 1. The Balaban J connectivity index is 1.76. The molecule has 0 saturated heterocycles. The third-order valence-electron chi connectivity index (χ3n) is 5.91. The number of benzene rings is 1. The number of aryl methyl sites for hydroxylation is 1. The number of carbonyl (C=O) groups is 1. The highest BCUT2D eigenvalue weighted by molar-refractivity contribution is 14.1. The van der Waals surface area contributed by atoms with Gasteiger partial charge in [0.2, 0.25) is 0 Å². The van der Waals surface area contributed by atoms with Crippen molar-refractivity contribution in [1.82, 2.24) is 14.3 Å². The van der Waals surface area contributed by atoms with E-state index in [-0.39, 0.29) is 10.9 Å². The minimum atomic E-state index is -3.86. The molecule has 10 heteroatoms. The van der Waals surface area contributed by atoms with Gasteiger partial charge in [-0.1, -0.05) is 23.8 Å². The standard InChI is InChI=1S/C26H30IN3O5S/c1-16-9-11-19(12-10-16)36(32,33)30-15-20(27)23-22(21(34-5)14-28-24(23)30)17-7-6-8-18(13-17)29-25(31)35-26(2,3)4/h7,9-12,14-15,18H,6,8,13H2,1-5H3,(H,29,31). The molecule has 2 aromatic heterocycles. The van der Waals surface area contributed by atoms with Crippen LogP contribution < -0.4 is 10.1 Å². The van der Waals surface area contributed by atoms with Gasteiger partial charge >= 0.3 is 6.09 Å². The summed E-state index contributed by atoms with van der Waals surface area (Å²) < 4.78 is 40.1. The summed E-state index contributed by atoms with van der Waals surface area (Å²) in [6, 6.07) is 6.63. The predicted octanol–water partition coefficient (Wildman–Crippen LogP) is 5.66. The minimum Gasteiger partial charge on any atom is -0.494 e. The Bertz CT molecular complexity index is 1440. The Morgan fingerprint density at radius 1 is 1.22 bits per heavy atom. The van der Waals surface area contributed by atoms with E-state index in [9.17, 15) is 13.2 Å². The Morgan fingerprint density at radius 2 is 1.92 bits per heavy atom. The number of halogens is 1. The molecule has 1 aliphatic rings. The molecule has 0 fully saturated rings. The molecule has 4 rings (SSSR count). The van der Waals surface area contributed by atoms with Crippen LogP contribution in [0.1, 0.15) is 51.2 Å². The molecule has 0 spiro atoms. The van der Waals surface area contributed by atoms with Crippen molar-refractivity contribution >= 4 is 55.3 Å². The van der Waals surface area contributed by atoms with Gasteiger partial charge in [-0.3, -0.25) is 0 Å². The van der Waals surface area contributed by atoms with Crippen LogP contribution in [0.25, 0.3) is 16.6 Å². The van der Waals surface area contributed by atoms with Crippen LogP contribution in [0.2, 0.25) is 0 Å². The van der Waals surface area contributed by atoms with Crippen LogP contribution >= 0.6 is 22.6 Å². The van der Waals surface area contributed by atoms with E-state index in [1.54, 1.807) is 43.8 Å². The maximum atomic E-state index is 13.5. The van der Waals surface area contributed by atoms with Gasteiger partial charge in [0.25, 0.3) is 10.0 Å². The lowest BCUT2D eigenvalue weighted by atomic mass is 9.89. The Hall–Kier alpha value is -2.60. The van der Waals surface area contributed by atoms with E-state index < -0.39 is 21.7 Å². The van der Waals surface area contributed by atoms with E-state index >= 15 is 0 Å². The largest absolute Gasteiger partial charge is 0.494 e. The zero-order valence-corrected chi connectivity index (χ0v) is 23.9. The molecular formula is C26H30IN3O5S. The van der Waals surface area contributed by atoms with E-state index in [0.29, 0.717) is 23.2 Å². The topological polar surface area (TPSA) is 99.5 Å². The van der Waals surface area contributed by atoms with Crippen LogP contribution in [-0.2, 0) is 14.8 Å². The van der Waals surface area contributed by atoms with E-state index in [2.05, 4.69) is 39.0 Å². The molecule has 1 amide bonds. The summed E-state index contributed by atoms with van der Waals surface area (Å²) in [5.74, 6) is 0.551. The van der Waals surface area contributed by atoms with Gasteiger partial charge in [-0.15, -0.1) is 0 Å². The predicted molar refractivity (Wildman–Crippen MR) is 148 cm³/mol. The Labute approximate surface area is 225 Å². The van der Waals surface area contributed by atoms with Gasteiger partial charge in [-0.2, -0.15) is 0 Å². The first-order chi connectivity index (χ1) is 16.9. The van der Waals surface area contributed by atoms with Crippen LogP contribution in [0.4, 0.5) is 4.79 Å². The van der Waals surface area contributed by atoms with Crippen LogP contribution in [-0.4, -0.2) is 42.2 Å². The molecule has 0 saturated carbocycles. The number of nitrogens with zero attached hydrogens (tertiary/aromatic N) is 2. The highest BCUT2D eigenvalue weighted by Crippen LogP contribution is 2.40. The fourth-order valence-electron chi connectivity index (χ4n) is 4.30. The smallest absolute Gasteiger partial charge is 0.407 e. The number of alkyl carbamates (subject to hydrolysis) is 1. The first-order valence-corrected chi connectivity index (χ1v) is 14.2. The molecule has 8 nitrogen and oxygen atoms in total. The zero-order valence-electron chi connectivity index (χ0n) is 21.0. The van der Waals surface area contributed by atoms with Crippen molar-refractivity contribution in [2.75, 3.05) is 7.11 Å². The fraction of sp³-hybridized carbons (Fsp3) is 0.385. The van der Waals surface area contributed by atoms with Gasteiger partial charge in [-0.25, -0.2) is 22.2 Å². The first-order valence-electron chi connectivity index (χ1n) is 11.7. The second kappa shape index (κ2) is 10.0. The minimum absolute atomic E-state index is 0.121. The molecule has 3 aromatic rings. The van der Waals surface area contributed by atoms with Crippen LogP contribution in [0.15, 0.2) is 47.6 Å². The lowest BCUT2D eigenvalue weighted by molar-refractivity contribution is 0.0502. The fourth-order valence-corrected chi connectivity index (χ4v) is 6.59. The van der Waals surface area contributed by atoms with E-state index in [1.165, 1.54) is 3.97 Å². The van der Waals surface area contributed by atoms with Crippen molar-refractivity contribution in [1.29, 1.82) is 0 Å². The molecule has 192 valence electrons. The monoisotopic (exact) mass is 623 g/mol. The van der Waals surface area contributed by atoms with Crippen molar-refractivity contribution in [3.63, 3.8) is 0 Å². The van der Waals surface area contributed by atoms with Gasteiger partial charge < -0.3 is 14.8 Å². The van der Waals surface area contributed by atoms with Crippen molar-refractivity contribution in [2.45, 2.75) is 63.5 Å². The van der Waals surface area contributed by atoms with Crippen LogP contribution in [0.3, 0.4) is 0 Å². The summed E-state index contributed by atoms with van der Waals surface area (Å²) in [7, 11) is -2.29. The number of rotatable bonds is 5. The van der Waals surface area contributed by atoms with Crippen LogP contribution in [0, 0.1) is 10.5 Å². The summed E-state index contributed by atoms with van der Waals surface area (Å²) in [5, 5.41) is 3.67. The van der Waals surface area contributed by atoms with Gasteiger partial charge in [0, 0.05) is 26.8 Å². The maximum Gasteiger partial charge on any atom is 0.407 e. The number of fused-ring (bicyclic) bond motifs is 1. The number of nitrogens with one attached hydrogen (secondary N) is 1. The number of aromatic nitrogens is 2. The lowest BCUT2D eigenvalue weighted by Gasteiger charge is -2.27. The molecule has 1 unspecified atom stereocenters. The highest BCUT2D eigenvalue weighted by Gasteiger charge is 2.28. The molecule has 0 aliphatic heterocycles. The normalized spacial score (nSPS) is 16.5. The number of hydrogen-bond donors (Lipinski definition) is 1. The number of carbonyl (C=O) groups excluding carboxylic acids is 1. The maximum absolute atomic E-state index is 13.5. The lowest BCUT2D eigenvalue weighted by Crippen LogP contribution is -2.39. The molecule has 2 heterocycles. The van der Waals surface area contributed by atoms with Gasteiger partial charge in [-0.05, 0) is 87.3 Å². The van der Waals surface area contributed by atoms with Crippen molar-refractivity contribution < 1.29 is 22.7 Å². The third kappa shape index (κ3) is 5.39. The average molecular weight is 624 g/mol. The van der Waals surface area contributed by atoms with Gasteiger partial charge in [0.05, 0.1) is 18.2 Å². The van der Waals surface area contributed by atoms with Gasteiger partial charge in [0.15, 0.2) is 5.65 Å². The molecule has 1 atom stereocenters. The Morgan fingerprint density at radius 3 is 2.56 bits per heavy atom. The molecule has 0 radical (unpaired) electrons. The summed E-state index contributed by atoms with van der Waals surface area (Å²) in [4.78, 5) is 17.0. The van der Waals surface area contributed by atoms with E-state index in [1.807, 2.05) is 27.7 Å². The summed E-state index contributed by atoms with van der Waals surface area (Å²) in [6.45, 7) is 7.39. The van der Waals surface area contributed by atoms with Crippen molar-refractivity contribution in [2.24, 2.45) is 0 Å². The zero-order chi connectivity index (χ0) is 26.3. The molecule has 1 aliphatic carbocycles. The Kier molecular flexibility index (Phi) is 7.38. The number of amides is 1. The summed E-state index contributed by atoms with van der Waals surface area (Å²) >= 11 is 2.14. The molecular weight excluding hydrogens is 593 g/mol. The molecule has 1 N–H and O–H groups in total. The summed E-state index contributed by atoms with van der Waals surface area (Å²) in [5.41, 5.74) is 2.49. The number of methoxy groups -OCH3 is 1. The quantitative estimate of drug-likeness (QED) is 0.369. The SMILES string of the molecule is COc1cnc2c(c(I)cn2S(=O)(=O)c2ccc(C)cc2)c1C1=CCCC(NC(=O)OC(C)(C)C)C1.